The van der Waals surface area contributed by atoms with Gasteiger partial charge in [-0.15, -0.1) is 11.8 Å². The number of para-hydroxylation sites is 1. The quantitative estimate of drug-likeness (QED) is 0.811. The maximum atomic E-state index is 12.9. The van der Waals surface area contributed by atoms with Crippen molar-refractivity contribution in [2.45, 2.75) is 29.3 Å². The van der Waals surface area contributed by atoms with Crippen molar-refractivity contribution in [3.8, 4) is 0 Å². The lowest BCUT2D eigenvalue weighted by atomic mass is 10.2. The summed E-state index contributed by atoms with van der Waals surface area (Å²) in [7, 11) is 0. The molecular weight excluding hydrogens is 293 g/mol. The molecule has 8 heteroatoms. The highest BCUT2D eigenvalue weighted by Gasteiger charge is 2.41. The first-order valence-electron chi connectivity index (χ1n) is 5.87. The molecule has 0 saturated carbocycles. The summed E-state index contributed by atoms with van der Waals surface area (Å²) < 4.78 is 40.0. The van der Waals surface area contributed by atoms with Gasteiger partial charge >= 0.3 is 11.9 Å². The molecule has 1 aliphatic heterocycles. The Morgan fingerprint density at radius 2 is 2.05 bits per heavy atom. The van der Waals surface area contributed by atoms with E-state index >= 15 is 0 Å². The van der Waals surface area contributed by atoms with Crippen molar-refractivity contribution in [1.29, 1.82) is 0 Å². The zero-order chi connectivity index (χ0) is 14.5. The Morgan fingerprint density at radius 3 is 2.75 bits per heavy atom. The van der Waals surface area contributed by atoms with Crippen LogP contribution < -0.4 is 11.2 Å². The first kappa shape index (κ1) is 13.3. The maximum absolute atomic E-state index is 12.9. The van der Waals surface area contributed by atoms with Crippen LogP contribution in [0.4, 0.5) is 13.2 Å². The van der Waals surface area contributed by atoms with Crippen molar-refractivity contribution < 1.29 is 13.2 Å². The second kappa shape index (κ2) is 4.41. The van der Waals surface area contributed by atoms with Gasteiger partial charge in [0.2, 0.25) is 0 Å². The van der Waals surface area contributed by atoms with Crippen LogP contribution in [-0.2, 0) is 6.54 Å². The van der Waals surface area contributed by atoms with Gasteiger partial charge in [0.25, 0.3) is 5.56 Å². The summed E-state index contributed by atoms with van der Waals surface area (Å²) in [5.41, 5.74) is -0.953. The largest absolute Gasteiger partial charge is 0.400 e. The first-order chi connectivity index (χ1) is 9.38. The third-order valence-electron chi connectivity index (χ3n) is 3.23. The molecule has 0 radical (unpaired) electrons. The standard InChI is InChI=1S/C12H9F3N2O2S/c13-12(14,15)8-4-5-17-9-6(10(18)16-11(17)19)2-1-3-7(9)20-8/h1-3,8H,4-5H2,(H,16,18,19). The highest BCUT2D eigenvalue weighted by atomic mass is 32.2. The molecule has 4 nitrogen and oxygen atoms in total. The number of H-pyrrole nitrogens is 1. The molecule has 0 fully saturated rings. The molecule has 0 saturated heterocycles. The van der Waals surface area contributed by atoms with E-state index in [1.807, 2.05) is 0 Å². The number of nitrogens with zero attached hydrogens (tertiary/aromatic N) is 1. The zero-order valence-corrected chi connectivity index (χ0v) is 10.8. The van der Waals surface area contributed by atoms with Gasteiger partial charge in [0.1, 0.15) is 5.25 Å². The third kappa shape index (κ3) is 2.04. The monoisotopic (exact) mass is 302 g/mol. The summed E-state index contributed by atoms with van der Waals surface area (Å²) in [6.45, 7) is -0.0691. The van der Waals surface area contributed by atoms with Crippen LogP contribution in [0.25, 0.3) is 10.9 Å². The fourth-order valence-corrected chi connectivity index (χ4v) is 3.47. The molecule has 3 rings (SSSR count). The smallest absolute Gasteiger partial charge is 0.292 e. The average molecular weight is 302 g/mol. The third-order valence-corrected chi connectivity index (χ3v) is 4.60. The van der Waals surface area contributed by atoms with Crippen LogP contribution in [-0.4, -0.2) is 21.0 Å². The van der Waals surface area contributed by atoms with Crippen molar-refractivity contribution >= 4 is 22.7 Å². The van der Waals surface area contributed by atoms with Crippen molar-refractivity contribution in [1.82, 2.24) is 9.55 Å². The highest BCUT2D eigenvalue weighted by Crippen LogP contribution is 2.41. The Labute approximate surface area is 114 Å². The summed E-state index contributed by atoms with van der Waals surface area (Å²) in [6, 6.07) is 4.53. The predicted molar refractivity (Wildman–Crippen MR) is 69.1 cm³/mol. The number of benzene rings is 1. The van der Waals surface area contributed by atoms with Gasteiger partial charge in [-0.05, 0) is 18.6 Å². The van der Waals surface area contributed by atoms with Crippen molar-refractivity contribution in [2.24, 2.45) is 0 Å². The molecule has 1 unspecified atom stereocenters. The topological polar surface area (TPSA) is 54.9 Å². The number of rotatable bonds is 0. The lowest BCUT2D eigenvalue weighted by Crippen LogP contribution is -2.31. The van der Waals surface area contributed by atoms with Crippen LogP contribution in [0.15, 0.2) is 32.7 Å². The first-order valence-corrected chi connectivity index (χ1v) is 6.75. The van der Waals surface area contributed by atoms with Crippen LogP contribution >= 0.6 is 11.8 Å². The number of halogens is 3. The zero-order valence-electron chi connectivity index (χ0n) is 10.0. The number of aromatic amines is 1. The molecule has 20 heavy (non-hydrogen) atoms. The molecule has 1 aromatic heterocycles. The van der Waals surface area contributed by atoms with E-state index in [9.17, 15) is 22.8 Å². The molecule has 1 atom stereocenters. The van der Waals surface area contributed by atoms with Gasteiger partial charge in [-0.3, -0.25) is 14.3 Å². The average Bonchev–Trinajstić information content (AvgIpc) is 2.56. The van der Waals surface area contributed by atoms with Crippen molar-refractivity contribution in [2.75, 3.05) is 0 Å². The van der Waals surface area contributed by atoms with E-state index in [0.29, 0.717) is 16.7 Å². The SMILES string of the molecule is O=c1[nH]c(=O)n2c3c(cccc13)SC(C(F)(F)F)CC2. The summed E-state index contributed by atoms with van der Waals surface area (Å²) in [6.07, 6.45) is -4.55. The van der Waals surface area contributed by atoms with E-state index in [-0.39, 0.29) is 23.9 Å². The molecule has 0 aliphatic carbocycles. The molecule has 2 heterocycles. The Hall–Kier alpha value is -1.70. The van der Waals surface area contributed by atoms with Gasteiger partial charge < -0.3 is 0 Å². The second-order valence-electron chi connectivity index (χ2n) is 4.50. The Balaban J connectivity index is 2.30. The number of hydrogen-bond donors (Lipinski definition) is 1. The van der Waals surface area contributed by atoms with E-state index in [1.54, 1.807) is 0 Å². The van der Waals surface area contributed by atoms with E-state index in [4.69, 9.17) is 0 Å². The van der Waals surface area contributed by atoms with Crippen LogP contribution in [0.5, 0.6) is 0 Å². The Bertz CT molecular complexity index is 794. The van der Waals surface area contributed by atoms with Gasteiger partial charge in [0.15, 0.2) is 0 Å². The minimum Gasteiger partial charge on any atom is -0.292 e. The number of thioether (sulfide) groups is 1. The van der Waals surface area contributed by atoms with Crippen LogP contribution in [0.3, 0.4) is 0 Å². The van der Waals surface area contributed by atoms with Crippen LogP contribution in [0, 0.1) is 0 Å². The van der Waals surface area contributed by atoms with Crippen molar-refractivity contribution in [3.05, 3.63) is 39.0 Å². The van der Waals surface area contributed by atoms with Gasteiger partial charge in [-0.25, -0.2) is 4.79 Å². The molecule has 0 bridgehead atoms. The predicted octanol–water partition coefficient (Wildman–Crippen LogP) is 2.12. The van der Waals surface area contributed by atoms with Gasteiger partial charge in [-0.1, -0.05) is 6.07 Å². The summed E-state index contributed by atoms with van der Waals surface area (Å²) in [5.74, 6) is 0. The fourth-order valence-electron chi connectivity index (χ4n) is 2.31. The molecule has 1 aromatic carbocycles. The van der Waals surface area contributed by atoms with E-state index in [0.717, 1.165) is 0 Å². The molecule has 2 aromatic rings. The molecule has 0 spiro atoms. The maximum Gasteiger partial charge on any atom is 0.400 e. The summed E-state index contributed by atoms with van der Waals surface area (Å²) >= 11 is 0.657. The Morgan fingerprint density at radius 1 is 1.30 bits per heavy atom. The number of alkyl halides is 3. The molecule has 0 amide bonds. The molecule has 106 valence electrons. The van der Waals surface area contributed by atoms with E-state index in [2.05, 4.69) is 4.98 Å². The minimum atomic E-state index is -4.34. The second-order valence-corrected chi connectivity index (χ2v) is 5.74. The minimum absolute atomic E-state index is 0.0691. The lowest BCUT2D eigenvalue weighted by Gasteiger charge is -2.17. The van der Waals surface area contributed by atoms with Gasteiger partial charge in [0.05, 0.1) is 10.9 Å². The van der Waals surface area contributed by atoms with Crippen LogP contribution in [0.2, 0.25) is 0 Å². The van der Waals surface area contributed by atoms with Gasteiger partial charge in [0, 0.05) is 11.4 Å². The summed E-state index contributed by atoms with van der Waals surface area (Å²) in [4.78, 5) is 26.0. The van der Waals surface area contributed by atoms with Crippen LogP contribution in [0.1, 0.15) is 6.42 Å². The number of nitrogens with one attached hydrogen (secondary N) is 1. The van der Waals surface area contributed by atoms with Crippen molar-refractivity contribution in [3.63, 3.8) is 0 Å². The lowest BCUT2D eigenvalue weighted by molar-refractivity contribution is -0.130. The number of hydrogen-bond acceptors (Lipinski definition) is 3. The molecular formula is C12H9F3N2O2S. The normalized spacial score (nSPS) is 19.1. The number of aryl methyl sites for hydroxylation is 1. The Kier molecular flexibility index (Phi) is 2.93. The highest BCUT2D eigenvalue weighted by molar-refractivity contribution is 8.00. The molecule has 1 aliphatic rings. The number of aromatic nitrogens is 2. The van der Waals surface area contributed by atoms with E-state index in [1.165, 1.54) is 22.8 Å². The van der Waals surface area contributed by atoms with E-state index < -0.39 is 22.7 Å². The fraction of sp³-hybridized carbons (Fsp3) is 0.333. The summed E-state index contributed by atoms with van der Waals surface area (Å²) in [5, 5.41) is -1.35. The van der Waals surface area contributed by atoms with Gasteiger partial charge in [-0.2, -0.15) is 13.2 Å². The molecule has 1 N–H and O–H groups in total.